The Bertz CT molecular complexity index is 477. The van der Waals surface area contributed by atoms with Crippen LogP contribution < -0.4 is 4.90 Å². The number of morpholine rings is 1. The minimum atomic E-state index is -0.497. The zero-order valence-electron chi connectivity index (χ0n) is 8.76. The highest BCUT2D eigenvalue weighted by molar-refractivity contribution is 9.10. The maximum absolute atomic E-state index is 11.7. The van der Waals surface area contributed by atoms with E-state index in [1.54, 1.807) is 12.1 Å². The largest absolute Gasteiger partial charge is 0.370 e. The van der Waals surface area contributed by atoms with Crippen LogP contribution in [0.15, 0.2) is 22.7 Å². The zero-order valence-corrected chi connectivity index (χ0v) is 10.3. The molecule has 1 heterocycles. The Hall–Kier alpha value is -1.47. The van der Waals surface area contributed by atoms with Crippen LogP contribution in [-0.2, 0) is 9.53 Å². The number of nitro benzene ring substituents is 1. The summed E-state index contributed by atoms with van der Waals surface area (Å²) in [5, 5.41) is 10.9. The summed E-state index contributed by atoms with van der Waals surface area (Å²) >= 11 is 3.24. The molecule has 0 bridgehead atoms. The van der Waals surface area contributed by atoms with Crippen LogP contribution in [-0.4, -0.2) is 30.6 Å². The van der Waals surface area contributed by atoms with Crippen LogP contribution >= 0.6 is 15.9 Å². The smallest absolute Gasteiger partial charge is 0.294 e. The quantitative estimate of drug-likeness (QED) is 0.616. The van der Waals surface area contributed by atoms with Crippen molar-refractivity contribution in [2.75, 3.05) is 24.7 Å². The summed E-state index contributed by atoms with van der Waals surface area (Å²) in [6.45, 7) is 0.658. The van der Waals surface area contributed by atoms with Crippen LogP contribution in [0.25, 0.3) is 0 Å². The Morgan fingerprint density at radius 2 is 2.24 bits per heavy atom. The van der Waals surface area contributed by atoms with Gasteiger partial charge in [0.1, 0.15) is 12.3 Å². The average Bonchev–Trinajstić information content (AvgIpc) is 2.30. The van der Waals surface area contributed by atoms with Gasteiger partial charge in [0.05, 0.1) is 11.5 Å². The molecular weight excluding hydrogens is 292 g/mol. The van der Waals surface area contributed by atoms with Crippen LogP contribution in [0.5, 0.6) is 0 Å². The second-order valence-electron chi connectivity index (χ2n) is 3.46. The lowest BCUT2D eigenvalue weighted by atomic mass is 10.2. The van der Waals surface area contributed by atoms with Gasteiger partial charge in [-0.25, -0.2) is 0 Å². The summed E-state index contributed by atoms with van der Waals surface area (Å²) < 4.78 is 5.53. The van der Waals surface area contributed by atoms with E-state index in [4.69, 9.17) is 4.74 Å². The van der Waals surface area contributed by atoms with E-state index in [0.29, 0.717) is 23.3 Å². The number of hydrogen-bond donors (Lipinski definition) is 0. The molecule has 90 valence electrons. The van der Waals surface area contributed by atoms with E-state index >= 15 is 0 Å². The first kappa shape index (κ1) is 12.0. The topological polar surface area (TPSA) is 72.7 Å². The number of para-hydroxylation sites is 1. The summed E-state index contributed by atoms with van der Waals surface area (Å²) in [6.07, 6.45) is 0. The van der Waals surface area contributed by atoms with Gasteiger partial charge in [-0.2, -0.15) is 0 Å². The number of nitro groups is 1. The number of ether oxygens (including phenoxy) is 1. The lowest BCUT2D eigenvalue weighted by Crippen LogP contribution is -2.42. The molecule has 1 amide bonds. The van der Waals surface area contributed by atoms with E-state index in [-0.39, 0.29) is 18.2 Å². The molecule has 7 heteroatoms. The average molecular weight is 301 g/mol. The minimum absolute atomic E-state index is 0.0432. The third-order valence-electron chi connectivity index (χ3n) is 2.42. The van der Waals surface area contributed by atoms with E-state index in [1.807, 2.05) is 0 Å². The van der Waals surface area contributed by atoms with Gasteiger partial charge in [-0.1, -0.05) is 6.07 Å². The third kappa shape index (κ3) is 2.29. The van der Waals surface area contributed by atoms with Crippen molar-refractivity contribution in [2.45, 2.75) is 0 Å². The second kappa shape index (κ2) is 4.80. The van der Waals surface area contributed by atoms with Gasteiger partial charge in [0, 0.05) is 17.1 Å². The Balaban J connectivity index is 2.49. The molecule has 6 nitrogen and oxygen atoms in total. The molecule has 1 aromatic rings. The van der Waals surface area contributed by atoms with Gasteiger partial charge in [-0.05, 0) is 22.0 Å². The molecule has 0 radical (unpaired) electrons. The molecule has 1 aromatic carbocycles. The standard InChI is InChI=1S/C10H9BrN2O4/c11-7-2-1-3-8(13(15)16)10(7)12-4-5-17-6-9(12)14/h1-3H,4-6H2. The second-order valence-corrected chi connectivity index (χ2v) is 4.32. The fourth-order valence-electron chi connectivity index (χ4n) is 1.67. The fraction of sp³-hybridized carbons (Fsp3) is 0.300. The maximum atomic E-state index is 11.7. The van der Waals surface area contributed by atoms with Crippen LogP contribution in [0.1, 0.15) is 0 Å². The van der Waals surface area contributed by atoms with Crippen molar-refractivity contribution >= 4 is 33.2 Å². The summed E-state index contributed by atoms with van der Waals surface area (Å²) in [7, 11) is 0. The first-order valence-corrected chi connectivity index (χ1v) is 5.71. The van der Waals surface area contributed by atoms with Crippen molar-refractivity contribution < 1.29 is 14.5 Å². The first-order chi connectivity index (χ1) is 8.11. The van der Waals surface area contributed by atoms with Crippen molar-refractivity contribution in [3.8, 4) is 0 Å². The Labute approximate surface area is 105 Å². The molecule has 0 saturated carbocycles. The lowest BCUT2D eigenvalue weighted by Gasteiger charge is -2.27. The Morgan fingerprint density at radius 1 is 1.47 bits per heavy atom. The van der Waals surface area contributed by atoms with E-state index in [0.717, 1.165) is 0 Å². The molecule has 17 heavy (non-hydrogen) atoms. The van der Waals surface area contributed by atoms with E-state index in [2.05, 4.69) is 15.9 Å². The minimum Gasteiger partial charge on any atom is -0.370 e. The number of carbonyl (C=O) groups is 1. The van der Waals surface area contributed by atoms with E-state index in [1.165, 1.54) is 11.0 Å². The van der Waals surface area contributed by atoms with Gasteiger partial charge >= 0.3 is 0 Å². The van der Waals surface area contributed by atoms with Gasteiger partial charge in [-0.3, -0.25) is 14.9 Å². The highest BCUT2D eigenvalue weighted by atomic mass is 79.9. The van der Waals surface area contributed by atoms with Crippen LogP contribution in [0.4, 0.5) is 11.4 Å². The fourth-order valence-corrected chi connectivity index (χ4v) is 2.24. The number of amides is 1. The molecule has 0 spiro atoms. The highest BCUT2D eigenvalue weighted by Crippen LogP contribution is 2.36. The van der Waals surface area contributed by atoms with Crippen molar-refractivity contribution in [1.29, 1.82) is 0 Å². The van der Waals surface area contributed by atoms with Gasteiger partial charge in [-0.15, -0.1) is 0 Å². The van der Waals surface area contributed by atoms with Crippen molar-refractivity contribution in [1.82, 2.24) is 0 Å². The molecule has 0 unspecified atom stereocenters. The van der Waals surface area contributed by atoms with Crippen molar-refractivity contribution in [3.63, 3.8) is 0 Å². The number of anilines is 1. The molecule has 0 aliphatic carbocycles. The number of nitrogens with zero attached hydrogens (tertiary/aromatic N) is 2. The number of rotatable bonds is 2. The molecular formula is C10H9BrN2O4. The molecule has 0 aromatic heterocycles. The number of benzene rings is 1. The molecule has 1 fully saturated rings. The molecule has 0 atom stereocenters. The maximum Gasteiger partial charge on any atom is 0.294 e. The van der Waals surface area contributed by atoms with E-state index in [9.17, 15) is 14.9 Å². The molecule has 0 N–H and O–H groups in total. The zero-order chi connectivity index (χ0) is 12.4. The van der Waals surface area contributed by atoms with Crippen molar-refractivity contribution in [2.24, 2.45) is 0 Å². The summed E-state index contributed by atoms with van der Waals surface area (Å²) in [6, 6.07) is 4.62. The van der Waals surface area contributed by atoms with Gasteiger partial charge in [0.15, 0.2) is 0 Å². The summed E-state index contributed by atoms with van der Waals surface area (Å²) in [4.78, 5) is 23.5. The van der Waals surface area contributed by atoms with Gasteiger partial charge < -0.3 is 9.64 Å². The SMILES string of the molecule is O=C1COCCN1c1c(Br)cccc1[N+](=O)[O-]. The Kier molecular flexibility index (Phi) is 3.39. The predicted octanol–water partition coefficient (Wildman–Crippen LogP) is 1.72. The van der Waals surface area contributed by atoms with Crippen LogP contribution in [0.2, 0.25) is 0 Å². The van der Waals surface area contributed by atoms with Crippen molar-refractivity contribution in [3.05, 3.63) is 32.8 Å². The normalized spacial score (nSPS) is 16.1. The summed E-state index contributed by atoms with van der Waals surface area (Å²) in [5.41, 5.74) is 0.209. The molecule has 1 aliphatic heterocycles. The van der Waals surface area contributed by atoms with Crippen LogP contribution in [0.3, 0.4) is 0 Å². The number of hydrogen-bond acceptors (Lipinski definition) is 4. The third-order valence-corrected chi connectivity index (χ3v) is 3.06. The van der Waals surface area contributed by atoms with E-state index < -0.39 is 4.92 Å². The molecule has 1 saturated heterocycles. The number of carbonyl (C=O) groups excluding carboxylic acids is 1. The lowest BCUT2D eigenvalue weighted by molar-refractivity contribution is -0.384. The Morgan fingerprint density at radius 3 is 2.88 bits per heavy atom. The van der Waals surface area contributed by atoms with Gasteiger partial charge in [0.25, 0.3) is 11.6 Å². The number of halogens is 1. The monoisotopic (exact) mass is 300 g/mol. The molecule has 1 aliphatic rings. The van der Waals surface area contributed by atoms with Gasteiger partial charge in [0.2, 0.25) is 0 Å². The van der Waals surface area contributed by atoms with Crippen LogP contribution in [0, 0.1) is 10.1 Å². The summed E-state index contributed by atoms with van der Waals surface area (Å²) in [5.74, 6) is -0.272. The first-order valence-electron chi connectivity index (χ1n) is 4.92. The highest BCUT2D eigenvalue weighted by Gasteiger charge is 2.28. The predicted molar refractivity (Wildman–Crippen MR) is 64.0 cm³/mol. The molecule has 2 rings (SSSR count).